The number of rotatable bonds is 6. The van der Waals surface area contributed by atoms with Gasteiger partial charge in [0.05, 0.1) is 6.54 Å². The smallest absolute Gasteiger partial charge is 0.251 e. The first kappa shape index (κ1) is 22.4. The second kappa shape index (κ2) is 11.9. The fourth-order valence-electron chi connectivity index (χ4n) is 2.19. The van der Waals surface area contributed by atoms with Crippen LogP contribution in [0.15, 0.2) is 64.1 Å². The quantitative estimate of drug-likeness (QED) is 0.260. The molecule has 2 aromatic carbocycles. The molecule has 26 heavy (non-hydrogen) atoms. The van der Waals surface area contributed by atoms with Crippen molar-refractivity contribution in [3.05, 3.63) is 70.2 Å². The lowest BCUT2D eigenvalue weighted by Crippen LogP contribution is -2.41. The van der Waals surface area contributed by atoms with E-state index < -0.39 is 0 Å². The molecule has 0 saturated carbocycles. The topological polar surface area (TPSA) is 56.7 Å². The van der Waals surface area contributed by atoms with Crippen molar-refractivity contribution < 1.29 is 4.79 Å². The molecule has 0 aliphatic rings. The van der Waals surface area contributed by atoms with Crippen LogP contribution in [0.1, 0.15) is 15.9 Å². The van der Waals surface area contributed by atoms with Crippen molar-refractivity contribution >= 4 is 51.8 Å². The van der Waals surface area contributed by atoms with E-state index in [4.69, 9.17) is 0 Å². The fraction of sp³-hybridized carbons (Fsp3) is 0.263. The van der Waals surface area contributed by atoms with Gasteiger partial charge in [-0.3, -0.25) is 4.79 Å². The van der Waals surface area contributed by atoms with Gasteiger partial charge in [0, 0.05) is 37.2 Å². The molecule has 0 bridgehead atoms. The van der Waals surface area contributed by atoms with Gasteiger partial charge in [-0.2, -0.15) is 0 Å². The molecule has 0 aliphatic heterocycles. The lowest BCUT2D eigenvalue weighted by molar-refractivity contribution is 0.0954. The van der Waals surface area contributed by atoms with E-state index in [0.717, 1.165) is 16.0 Å². The van der Waals surface area contributed by atoms with Gasteiger partial charge >= 0.3 is 0 Å². The van der Waals surface area contributed by atoms with E-state index in [9.17, 15) is 4.79 Å². The van der Waals surface area contributed by atoms with Gasteiger partial charge in [0.15, 0.2) is 5.96 Å². The largest absolute Gasteiger partial charge is 0.354 e. The first-order valence-corrected chi connectivity index (χ1v) is 8.89. The van der Waals surface area contributed by atoms with Crippen LogP contribution in [0.4, 0.5) is 0 Å². The summed E-state index contributed by atoms with van der Waals surface area (Å²) in [6.07, 6.45) is 0. The lowest BCUT2D eigenvalue weighted by Gasteiger charge is -2.18. The molecule has 0 radical (unpaired) electrons. The summed E-state index contributed by atoms with van der Waals surface area (Å²) < 4.78 is 0.890. The molecule has 5 nitrogen and oxygen atoms in total. The number of amides is 1. The number of aliphatic imine (C=N–C) groups is 1. The van der Waals surface area contributed by atoms with E-state index in [1.807, 2.05) is 49.3 Å². The van der Waals surface area contributed by atoms with E-state index >= 15 is 0 Å². The highest BCUT2D eigenvalue weighted by Crippen LogP contribution is 2.11. The third-order valence-corrected chi connectivity index (χ3v) is 3.95. The van der Waals surface area contributed by atoms with Crippen molar-refractivity contribution in [1.29, 1.82) is 0 Å². The summed E-state index contributed by atoms with van der Waals surface area (Å²) in [6, 6.07) is 17.4. The molecule has 0 unspecified atom stereocenters. The van der Waals surface area contributed by atoms with Gasteiger partial charge in [-0.05, 0) is 23.8 Å². The first-order chi connectivity index (χ1) is 12.1. The number of hydrogen-bond donors (Lipinski definition) is 2. The molecule has 0 heterocycles. The van der Waals surface area contributed by atoms with E-state index in [-0.39, 0.29) is 29.9 Å². The van der Waals surface area contributed by atoms with Crippen LogP contribution in [0.5, 0.6) is 0 Å². The van der Waals surface area contributed by atoms with E-state index in [1.165, 1.54) is 0 Å². The highest BCUT2D eigenvalue weighted by atomic mass is 127. The highest BCUT2D eigenvalue weighted by molar-refractivity contribution is 14.0. The molecule has 2 aromatic rings. The summed E-state index contributed by atoms with van der Waals surface area (Å²) in [5, 5.41) is 6.16. The fourth-order valence-corrected chi connectivity index (χ4v) is 2.59. The van der Waals surface area contributed by atoms with Gasteiger partial charge < -0.3 is 15.5 Å². The molecule has 1 amide bonds. The Labute approximate surface area is 180 Å². The molecule has 140 valence electrons. The SMILES string of the molecule is CN(C)C(=NCc1ccccc1)NCCNC(=O)c1cccc(Br)c1.I. The molecular weight excluding hydrogens is 507 g/mol. The van der Waals surface area contributed by atoms with Crippen LogP contribution < -0.4 is 10.6 Å². The Balaban J connectivity index is 0.00000338. The van der Waals surface area contributed by atoms with Gasteiger partial charge in [-0.1, -0.05) is 52.3 Å². The normalized spacial score (nSPS) is 10.7. The van der Waals surface area contributed by atoms with Crippen LogP contribution in [0.25, 0.3) is 0 Å². The van der Waals surface area contributed by atoms with Gasteiger partial charge in [0.2, 0.25) is 0 Å². The van der Waals surface area contributed by atoms with Crippen molar-refractivity contribution in [2.45, 2.75) is 6.54 Å². The number of carbonyl (C=O) groups is 1. The van der Waals surface area contributed by atoms with Crippen LogP contribution in [0.2, 0.25) is 0 Å². The molecule has 0 fully saturated rings. The number of benzene rings is 2. The van der Waals surface area contributed by atoms with E-state index in [0.29, 0.717) is 25.2 Å². The molecule has 0 atom stereocenters. The van der Waals surface area contributed by atoms with Gasteiger partial charge in [-0.25, -0.2) is 4.99 Å². The Kier molecular flexibility index (Phi) is 10.3. The number of nitrogens with zero attached hydrogens (tertiary/aromatic N) is 2. The Hall–Kier alpha value is -1.61. The Bertz CT molecular complexity index is 722. The van der Waals surface area contributed by atoms with Gasteiger partial charge in [0.25, 0.3) is 5.91 Å². The molecule has 0 aliphatic carbocycles. The molecule has 0 saturated heterocycles. The zero-order chi connectivity index (χ0) is 18.1. The number of carbonyl (C=O) groups excluding carboxylic acids is 1. The van der Waals surface area contributed by atoms with Crippen LogP contribution in [-0.4, -0.2) is 44.0 Å². The van der Waals surface area contributed by atoms with Gasteiger partial charge in [-0.15, -0.1) is 24.0 Å². The summed E-state index contributed by atoms with van der Waals surface area (Å²) in [5.41, 5.74) is 1.80. The molecular formula is C19H24BrIN4O. The third kappa shape index (κ3) is 7.74. The monoisotopic (exact) mass is 530 g/mol. The van der Waals surface area contributed by atoms with Crippen molar-refractivity contribution in [3.8, 4) is 0 Å². The summed E-state index contributed by atoms with van der Waals surface area (Å²) in [5.74, 6) is 0.705. The summed E-state index contributed by atoms with van der Waals surface area (Å²) in [4.78, 5) is 18.6. The Morgan fingerprint density at radius 1 is 1.04 bits per heavy atom. The van der Waals surface area contributed by atoms with Crippen LogP contribution in [0.3, 0.4) is 0 Å². The molecule has 2 rings (SSSR count). The van der Waals surface area contributed by atoms with Crippen LogP contribution >= 0.6 is 39.9 Å². The second-order valence-corrected chi connectivity index (χ2v) is 6.63. The maximum atomic E-state index is 12.1. The number of nitrogens with one attached hydrogen (secondary N) is 2. The summed E-state index contributed by atoms with van der Waals surface area (Å²) in [6.45, 7) is 1.74. The molecule has 2 N–H and O–H groups in total. The first-order valence-electron chi connectivity index (χ1n) is 8.09. The predicted molar refractivity (Wildman–Crippen MR) is 121 cm³/mol. The van der Waals surface area contributed by atoms with E-state index in [2.05, 4.69) is 43.7 Å². The standard InChI is InChI=1S/C19H23BrN4O.HI/c1-24(2)19(23-14-15-7-4-3-5-8-15)22-12-11-21-18(25)16-9-6-10-17(20)13-16;/h3-10,13H,11-12,14H2,1-2H3,(H,21,25)(H,22,23);1H. The van der Waals surface area contributed by atoms with Crippen molar-refractivity contribution in [2.75, 3.05) is 27.2 Å². The minimum Gasteiger partial charge on any atom is -0.354 e. The maximum absolute atomic E-state index is 12.1. The summed E-state index contributed by atoms with van der Waals surface area (Å²) >= 11 is 3.37. The minimum atomic E-state index is -0.0873. The second-order valence-electron chi connectivity index (χ2n) is 5.71. The Morgan fingerprint density at radius 3 is 2.38 bits per heavy atom. The average Bonchev–Trinajstić information content (AvgIpc) is 2.61. The number of halogens is 2. The minimum absolute atomic E-state index is 0. The van der Waals surface area contributed by atoms with Crippen molar-refractivity contribution in [2.24, 2.45) is 4.99 Å². The lowest BCUT2D eigenvalue weighted by atomic mass is 10.2. The maximum Gasteiger partial charge on any atom is 0.251 e. The van der Waals surface area contributed by atoms with Crippen molar-refractivity contribution in [1.82, 2.24) is 15.5 Å². The zero-order valence-corrected chi connectivity index (χ0v) is 18.8. The third-order valence-electron chi connectivity index (χ3n) is 3.46. The molecule has 0 spiro atoms. The number of hydrogen-bond acceptors (Lipinski definition) is 2. The van der Waals surface area contributed by atoms with Gasteiger partial charge in [0.1, 0.15) is 0 Å². The predicted octanol–water partition coefficient (Wildman–Crippen LogP) is 3.50. The van der Waals surface area contributed by atoms with Crippen LogP contribution in [-0.2, 0) is 6.54 Å². The zero-order valence-electron chi connectivity index (χ0n) is 14.9. The Morgan fingerprint density at radius 2 is 1.73 bits per heavy atom. The highest BCUT2D eigenvalue weighted by Gasteiger charge is 2.06. The van der Waals surface area contributed by atoms with E-state index in [1.54, 1.807) is 12.1 Å². The number of guanidine groups is 1. The molecule has 0 aromatic heterocycles. The molecule has 7 heteroatoms. The van der Waals surface area contributed by atoms with Crippen molar-refractivity contribution in [3.63, 3.8) is 0 Å². The summed E-state index contributed by atoms with van der Waals surface area (Å²) in [7, 11) is 3.88. The average molecular weight is 531 g/mol. The van der Waals surface area contributed by atoms with Crippen LogP contribution in [0, 0.1) is 0 Å².